The van der Waals surface area contributed by atoms with Gasteiger partial charge in [0.25, 0.3) is 5.91 Å². The van der Waals surface area contributed by atoms with Crippen molar-refractivity contribution in [3.8, 4) is 17.1 Å². The number of benzene rings is 2. The van der Waals surface area contributed by atoms with Gasteiger partial charge in [-0.05, 0) is 44.0 Å². The smallest absolute Gasteiger partial charge is 0.274 e. The molecule has 0 bridgehead atoms. The molecule has 1 amide bonds. The first kappa shape index (κ1) is 23.0. The highest BCUT2D eigenvalue weighted by atomic mass is 35.5. The number of halogens is 2. The fraction of sp³-hybridized carbons (Fsp3) is 0.280. The van der Waals surface area contributed by atoms with Gasteiger partial charge in [-0.1, -0.05) is 23.7 Å². The van der Waals surface area contributed by atoms with Crippen molar-refractivity contribution in [1.29, 1.82) is 0 Å². The average Bonchev–Trinajstić information content (AvgIpc) is 3.34. The summed E-state index contributed by atoms with van der Waals surface area (Å²) in [6.07, 6.45) is 1.71. The molecule has 0 radical (unpaired) electrons. The Morgan fingerprint density at radius 2 is 2.09 bits per heavy atom. The Hall–Kier alpha value is -3.74. The van der Waals surface area contributed by atoms with Crippen LogP contribution in [0.5, 0.6) is 0 Å². The number of carbonyl (C=O) groups is 1. The zero-order chi connectivity index (χ0) is 24.9. The molecule has 1 aliphatic heterocycles. The van der Waals surface area contributed by atoms with E-state index in [9.17, 15) is 9.18 Å². The first-order chi connectivity index (χ1) is 16.8. The predicted octanol–water partition coefficient (Wildman–Crippen LogP) is 4.64. The van der Waals surface area contributed by atoms with Crippen LogP contribution < -0.4 is 5.73 Å². The number of aromatic nitrogens is 4. The Bertz CT molecular complexity index is 1520. The van der Waals surface area contributed by atoms with Gasteiger partial charge in [0.15, 0.2) is 0 Å². The second-order valence-corrected chi connectivity index (χ2v) is 9.11. The highest BCUT2D eigenvalue weighted by Gasteiger charge is 2.28. The summed E-state index contributed by atoms with van der Waals surface area (Å²) < 4.78 is 18.0. The van der Waals surface area contributed by atoms with Crippen molar-refractivity contribution in [2.45, 2.75) is 25.8 Å². The van der Waals surface area contributed by atoms with Crippen molar-refractivity contribution >= 4 is 34.1 Å². The number of nitrogens with zero attached hydrogens (tertiary/aromatic N) is 6. The van der Waals surface area contributed by atoms with E-state index in [4.69, 9.17) is 28.9 Å². The lowest BCUT2D eigenvalue weighted by atomic mass is 10.1. The minimum Gasteiger partial charge on any atom is -0.336 e. The van der Waals surface area contributed by atoms with E-state index in [0.29, 0.717) is 41.0 Å². The molecule has 35 heavy (non-hydrogen) atoms. The molecule has 1 atom stereocenters. The molecule has 1 fully saturated rings. The van der Waals surface area contributed by atoms with Gasteiger partial charge in [0.2, 0.25) is 5.69 Å². The number of imidazole rings is 1. The molecule has 178 valence electrons. The van der Waals surface area contributed by atoms with Gasteiger partial charge in [0, 0.05) is 42.8 Å². The minimum absolute atomic E-state index is 0.0695. The molecule has 0 aliphatic carbocycles. The second-order valence-electron chi connectivity index (χ2n) is 8.75. The number of likely N-dealkylation sites (tertiary alicyclic amines) is 1. The minimum atomic E-state index is -0.648. The van der Waals surface area contributed by atoms with Crippen molar-refractivity contribution in [1.82, 2.24) is 24.2 Å². The largest absolute Gasteiger partial charge is 0.336 e. The van der Waals surface area contributed by atoms with Gasteiger partial charge in [-0.25, -0.2) is 14.2 Å². The van der Waals surface area contributed by atoms with E-state index in [2.05, 4.69) is 9.94 Å². The summed E-state index contributed by atoms with van der Waals surface area (Å²) in [7, 11) is 1.76. The van der Waals surface area contributed by atoms with E-state index in [1.54, 1.807) is 22.7 Å². The summed E-state index contributed by atoms with van der Waals surface area (Å²) in [5.41, 5.74) is 8.80. The van der Waals surface area contributed by atoms with E-state index in [1.165, 1.54) is 12.1 Å². The molecule has 3 heterocycles. The van der Waals surface area contributed by atoms with Crippen LogP contribution in [-0.2, 0) is 7.05 Å². The van der Waals surface area contributed by atoms with Crippen molar-refractivity contribution in [3.05, 3.63) is 70.2 Å². The Balaban J connectivity index is 1.70. The maximum absolute atomic E-state index is 14.6. The number of amides is 1. The molecular formula is C25H23ClFN7O. The van der Waals surface area contributed by atoms with E-state index in [0.717, 1.165) is 23.7 Å². The van der Waals surface area contributed by atoms with Gasteiger partial charge >= 0.3 is 0 Å². The zero-order valence-electron chi connectivity index (χ0n) is 19.3. The third-order valence-corrected chi connectivity index (χ3v) is 6.83. The molecule has 0 unspecified atom stereocenters. The predicted molar refractivity (Wildman–Crippen MR) is 132 cm³/mol. The zero-order valence-corrected chi connectivity index (χ0v) is 20.1. The van der Waals surface area contributed by atoms with Crippen molar-refractivity contribution in [2.24, 2.45) is 12.8 Å². The quantitative estimate of drug-likeness (QED) is 0.423. The van der Waals surface area contributed by atoms with E-state index in [-0.39, 0.29) is 23.3 Å². The number of hydrogen-bond acceptors (Lipinski definition) is 4. The van der Waals surface area contributed by atoms with Crippen LogP contribution in [0.15, 0.2) is 36.4 Å². The molecule has 5 rings (SSSR count). The molecular weight excluding hydrogens is 469 g/mol. The lowest BCUT2D eigenvalue weighted by Crippen LogP contribution is -2.46. The number of rotatable bonds is 3. The molecule has 2 aromatic carbocycles. The highest BCUT2D eigenvalue weighted by Crippen LogP contribution is 2.32. The fourth-order valence-corrected chi connectivity index (χ4v) is 4.78. The van der Waals surface area contributed by atoms with Crippen molar-refractivity contribution < 1.29 is 9.18 Å². The molecule has 2 aromatic heterocycles. The molecule has 1 aliphatic rings. The molecule has 8 nitrogen and oxygen atoms in total. The number of carbonyl (C=O) groups excluding carboxylic acids is 1. The van der Waals surface area contributed by atoms with Gasteiger partial charge in [-0.3, -0.25) is 14.0 Å². The van der Waals surface area contributed by atoms with Gasteiger partial charge in [-0.15, -0.1) is 0 Å². The number of aryl methyl sites for hydroxylation is 1. The summed E-state index contributed by atoms with van der Waals surface area (Å²) >= 11 is 6.45. The van der Waals surface area contributed by atoms with Crippen LogP contribution in [0.25, 0.3) is 32.8 Å². The number of nitrogens with two attached hydrogens (primary N) is 1. The second kappa shape index (κ2) is 8.80. The van der Waals surface area contributed by atoms with E-state index < -0.39 is 5.82 Å². The third-order valence-electron chi connectivity index (χ3n) is 6.38. The highest BCUT2D eigenvalue weighted by molar-refractivity contribution is 6.34. The average molecular weight is 492 g/mol. The maximum atomic E-state index is 14.6. The number of fused-ring (bicyclic) bond motifs is 1. The summed E-state index contributed by atoms with van der Waals surface area (Å²) in [6.45, 7) is 10.0. The topological polar surface area (TPSA) is 86.3 Å². The third kappa shape index (κ3) is 3.95. The SMILES string of the molecule is [C-]#[N+]c1ccc(-c2nc(C(=O)N3CCC[C@@H](N)C3)c(C)n2-c2ccc3nn(C)c(Cl)c3c2)cc1F. The van der Waals surface area contributed by atoms with E-state index >= 15 is 0 Å². The van der Waals surface area contributed by atoms with Gasteiger partial charge in [-0.2, -0.15) is 5.10 Å². The fourth-order valence-electron chi connectivity index (χ4n) is 4.59. The molecule has 0 spiro atoms. The Labute approximate surface area is 206 Å². The van der Waals surface area contributed by atoms with Crippen LogP contribution in [0.2, 0.25) is 5.15 Å². The van der Waals surface area contributed by atoms with Crippen molar-refractivity contribution in [3.63, 3.8) is 0 Å². The molecule has 4 aromatic rings. The van der Waals surface area contributed by atoms with Crippen LogP contribution in [0.1, 0.15) is 29.0 Å². The van der Waals surface area contributed by atoms with Crippen LogP contribution in [0.3, 0.4) is 0 Å². The van der Waals surface area contributed by atoms with Gasteiger partial charge in [0.1, 0.15) is 22.5 Å². The van der Waals surface area contributed by atoms with Crippen LogP contribution in [0, 0.1) is 19.3 Å². The van der Waals surface area contributed by atoms with Gasteiger partial charge < -0.3 is 10.6 Å². The summed E-state index contributed by atoms with van der Waals surface area (Å²) in [5, 5.41) is 5.62. The molecule has 10 heteroatoms. The lowest BCUT2D eigenvalue weighted by molar-refractivity contribution is 0.0702. The Morgan fingerprint density at radius 1 is 1.29 bits per heavy atom. The number of hydrogen-bond donors (Lipinski definition) is 1. The lowest BCUT2D eigenvalue weighted by Gasteiger charge is -2.30. The molecule has 1 saturated heterocycles. The van der Waals surface area contributed by atoms with Crippen LogP contribution >= 0.6 is 11.6 Å². The Kier molecular flexibility index (Phi) is 5.79. The first-order valence-electron chi connectivity index (χ1n) is 11.2. The van der Waals surface area contributed by atoms with Crippen LogP contribution in [0.4, 0.5) is 10.1 Å². The summed E-state index contributed by atoms with van der Waals surface area (Å²) in [4.78, 5) is 23.1. The number of piperidine rings is 1. The monoisotopic (exact) mass is 491 g/mol. The Morgan fingerprint density at radius 3 is 2.80 bits per heavy atom. The van der Waals surface area contributed by atoms with E-state index in [1.807, 2.05) is 29.7 Å². The maximum Gasteiger partial charge on any atom is 0.274 e. The van der Waals surface area contributed by atoms with Crippen LogP contribution in [-0.4, -0.2) is 49.3 Å². The normalized spacial score (nSPS) is 16.0. The summed E-state index contributed by atoms with van der Waals surface area (Å²) in [6, 6.07) is 9.82. The van der Waals surface area contributed by atoms with Gasteiger partial charge in [0.05, 0.1) is 17.8 Å². The molecule has 0 saturated carbocycles. The summed E-state index contributed by atoms with van der Waals surface area (Å²) in [5.74, 6) is -0.469. The first-order valence-corrected chi connectivity index (χ1v) is 11.6. The molecule has 2 N–H and O–H groups in total. The standard InChI is InChI=1S/C25H23ClFN7O/c1-14-22(25(35)33-10-4-5-16(28)13-33)30-24(15-6-8-21(29-2)19(27)11-15)34(14)17-7-9-20-18(12-17)23(26)32(3)31-20/h6-9,11-12,16H,4-5,10,13,28H2,1,3H3/t16-/m1/s1. The van der Waals surface area contributed by atoms with Crippen molar-refractivity contribution in [2.75, 3.05) is 13.1 Å².